The molecule has 0 aliphatic carbocycles. The lowest BCUT2D eigenvalue weighted by molar-refractivity contribution is -0.150. The Bertz CT molecular complexity index is 1270. The molecule has 34 heavy (non-hydrogen) atoms. The standard InChI is InChI=1S/C17H16N8O6S3/c1-31-24-9(7-5-33-16(18)20-7)12(27)22-10-13(28)25-11(15(29)30)6(3-32-14(10)25)4-34-17-21-8(26)2-19-23-17/h2,5,10,14H,3-4H2,1H3,(H2,18,20)(H,22,27)(H,29,30)(H,21,23,26)/t10-,14+/m1/s1. The van der Waals surface area contributed by atoms with E-state index < -0.39 is 34.8 Å². The molecule has 2 aromatic heterocycles. The van der Waals surface area contributed by atoms with Gasteiger partial charge < -0.3 is 21.0 Å². The molecule has 0 bridgehead atoms. The van der Waals surface area contributed by atoms with Crippen LogP contribution in [0, 0.1) is 0 Å². The molecule has 17 heteroatoms. The fourth-order valence-electron chi connectivity index (χ4n) is 3.21. The van der Waals surface area contributed by atoms with E-state index in [0.717, 1.165) is 34.2 Å². The molecule has 0 aromatic carbocycles. The normalized spacial score (nSPS) is 20.0. The van der Waals surface area contributed by atoms with Gasteiger partial charge in [0.15, 0.2) is 16.0 Å². The number of β-lactam (4-membered cyclic amide) rings is 1. The molecule has 0 spiro atoms. The van der Waals surface area contributed by atoms with Gasteiger partial charge in [-0.15, -0.1) is 28.2 Å². The van der Waals surface area contributed by atoms with Crippen molar-refractivity contribution in [3.05, 3.63) is 38.9 Å². The summed E-state index contributed by atoms with van der Waals surface area (Å²) in [6.07, 6.45) is 1.02. The molecule has 2 aliphatic rings. The summed E-state index contributed by atoms with van der Waals surface area (Å²) in [6, 6.07) is -0.963. The third kappa shape index (κ3) is 4.62. The van der Waals surface area contributed by atoms with Crippen molar-refractivity contribution in [1.82, 2.24) is 30.4 Å². The van der Waals surface area contributed by atoms with Crippen molar-refractivity contribution in [3.8, 4) is 0 Å². The van der Waals surface area contributed by atoms with Crippen molar-refractivity contribution >= 4 is 63.5 Å². The number of carboxylic acids is 1. The summed E-state index contributed by atoms with van der Waals surface area (Å²) in [5.74, 6) is -2.09. The molecule has 0 unspecified atom stereocenters. The molecular formula is C17H16N8O6S3. The summed E-state index contributed by atoms with van der Waals surface area (Å²) in [5, 5.41) is 24.7. The van der Waals surface area contributed by atoms with Crippen molar-refractivity contribution in [2.75, 3.05) is 24.3 Å². The highest BCUT2D eigenvalue weighted by atomic mass is 32.2. The second kappa shape index (κ2) is 9.82. The zero-order valence-electron chi connectivity index (χ0n) is 17.3. The number of hydrogen-bond donors (Lipinski definition) is 4. The number of nitrogens with two attached hydrogens (primary N) is 1. The second-order valence-corrected chi connectivity index (χ2v) is 9.70. The Kier molecular flexibility index (Phi) is 6.85. The van der Waals surface area contributed by atoms with Gasteiger partial charge in [-0.1, -0.05) is 16.9 Å². The molecule has 4 heterocycles. The van der Waals surface area contributed by atoms with Crippen LogP contribution in [-0.4, -0.2) is 83.7 Å². The number of carbonyl (C=O) groups is 3. The molecule has 1 saturated heterocycles. The van der Waals surface area contributed by atoms with E-state index in [9.17, 15) is 24.3 Å². The Balaban J connectivity index is 1.49. The predicted octanol–water partition coefficient (Wildman–Crippen LogP) is -0.915. The number of H-pyrrole nitrogens is 1. The first kappa shape index (κ1) is 23.7. The molecule has 178 valence electrons. The van der Waals surface area contributed by atoms with Crippen LogP contribution in [0.2, 0.25) is 0 Å². The number of anilines is 1. The minimum absolute atomic E-state index is 0.156. The number of thioether (sulfide) groups is 2. The van der Waals surface area contributed by atoms with Crippen LogP contribution < -0.4 is 16.6 Å². The molecule has 2 atom stereocenters. The van der Waals surface area contributed by atoms with Crippen molar-refractivity contribution in [2.45, 2.75) is 16.6 Å². The SMILES string of the molecule is CON=C(C(=O)N[C@@H]1C(=O)N2C(C(=O)O)=C(CSc3nncc(=O)[nH]3)CS[C@@H]12)c1csc(N)n1. The topological polar surface area (TPSA) is 206 Å². The lowest BCUT2D eigenvalue weighted by atomic mass is 10.0. The first-order chi connectivity index (χ1) is 16.3. The molecule has 0 radical (unpaired) electrons. The second-order valence-electron chi connectivity index (χ2n) is 6.74. The summed E-state index contributed by atoms with van der Waals surface area (Å²) in [4.78, 5) is 61.3. The number of aromatic nitrogens is 4. The number of carbonyl (C=O) groups excluding carboxylic acids is 2. The van der Waals surface area contributed by atoms with E-state index in [0.29, 0.717) is 11.3 Å². The van der Waals surface area contributed by atoms with E-state index in [1.165, 1.54) is 24.3 Å². The van der Waals surface area contributed by atoms with Crippen LogP contribution in [0.4, 0.5) is 5.13 Å². The summed E-state index contributed by atoms with van der Waals surface area (Å²) in [7, 11) is 1.26. The number of aromatic amines is 1. The highest BCUT2D eigenvalue weighted by Gasteiger charge is 2.54. The number of amides is 2. The van der Waals surface area contributed by atoms with Crippen molar-refractivity contribution < 1.29 is 24.3 Å². The number of aliphatic carboxylic acids is 1. The van der Waals surface area contributed by atoms with E-state index in [1.807, 2.05) is 0 Å². The molecular weight excluding hydrogens is 508 g/mol. The molecule has 2 amide bonds. The van der Waals surface area contributed by atoms with Gasteiger partial charge in [0.2, 0.25) is 0 Å². The van der Waals surface area contributed by atoms with Gasteiger partial charge in [0.25, 0.3) is 17.4 Å². The van der Waals surface area contributed by atoms with Crippen LogP contribution in [0.5, 0.6) is 0 Å². The van der Waals surface area contributed by atoms with E-state index in [2.05, 4.69) is 30.6 Å². The summed E-state index contributed by atoms with van der Waals surface area (Å²) < 4.78 is 0. The van der Waals surface area contributed by atoms with Crippen molar-refractivity contribution in [3.63, 3.8) is 0 Å². The van der Waals surface area contributed by atoms with E-state index in [4.69, 9.17) is 10.6 Å². The van der Waals surface area contributed by atoms with Crippen LogP contribution in [0.1, 0.15) is 5.69 Å². The lowest BCUT2D eigenvalue weighted by Crippen LogP contribution is -2.71. The van der Waals surface area contributed by atoms with Crippen molar-refractivity contribution in [2.24, 2.45) is 5.16 Å². The number of oxime groups is 1. The van der Waals surface area contributed by atoms with Gasteiger partial charge in [0, 0.05) is 16.9 Å². The fraction of sp³-hybridized carbons (Fsp3) is 0.294. The van der Waals surface area contributed by atoms with E-state index in [-0.39, 0.29) is 33.1 Å². The maximum atomic E-state index is 12.9. The molecule has 2 aliphatic heterocycles. The van der Waals surface area contributed by atoms with Gasteiger partial charge in [0.1, 0.15) is 36.1 Å². The van der Waals surface area contributed by atoms with Gasteiger partial charge >= 0.3 is 5.97 Å². The van der Waals surface area contributed by atoms with Crippen LogP contribution in [0.3, 0.4) is 0 Å². The zero-order chi connectivity index (χ0) is 24.4. The Morgan fingerprint density at radius 2 is 2.26 bits per heavy atom. The van der Waals surface area contributed by atoms with Gasteiger partial charge in [-0.2, -0.15) is 5.10 Å². The number of nitrogen functional groups attached to an aromatic ring is 1. The number of nitrogens with zero attached hydrogens (tertiary/aromatic N) is 5. The van der Waals surface area contributed by atoms with Crippen molar-refractivity contribution in [1.29, 1.82) is 0 Å². The van der Waals surface area contributed by atoms with Crippen LogP contribution >= 0.6 is 34.9 Å². The fourth-order valence-corrected chi connectivity index (χ4v) is 6.06. The summed E-state index contributed by atoms with van der Waals surface area (Å²) >= 11 is 3.51. The molecule has 14 nitrogen and oxygen atoms in total. The Labute approximate surface area is 203 Å². The number of thiazole rings is 1. The van der Waals surface area contributed by atoms with Crippen LogP contribution in [-0.2, 0) is 19.2 Å². The molecule has 0 saturated carbocycles. The maximum Gasteiger partial charge on any atom is 0.352 e. The third-order valence-electron chi connectivity index (χ3n) is 4.64. The lowest BCUT2D eigenvalue weighted by Gasteiger charge is -2.49. The molecule has 2 aromatic rings. The monoisotopic (exact) mass is 524 g/mol. The minimum atomic E-state index is -1.27. The van der Waals surface area contributed by atoms with Gasteiger partial charge in [-0.3, -0.25) is 24.3 Å². The molecule has 1 fully saturated rings. The Hall–Kier alpha value is -3.44. The van der Waals surface area contributed by atoms with Crippen LogP contribution in [0.25, 0.3) is 0 Å². The minimum Gasteiger partial charge on any atom is -0.477 e. The van der Waals surface area contributed by atoms with Gasteiger partial charge in [-0.05, 0) is 5.57 Å². The number of nitrogens with one attached hydrogen (secondary N) is 2. The first-order valence-corrected chi connectivity index (χ1v) is 12.3. The molecule has 5 N–H and O–H groups in total. The predicted molar refractivity (Wildman–Crippen MR) is 123 cm³/mol. The first-order valence-electron chi connectivity index (χ1n) is 9.38. The summed E-state index contributed by atoms with van der Waals surface area (Å²) in [5.41, 5.74) is 5.53. The van der Waals surface area contributed by atoms with Gasteiger partial charge in [0.05, 0.1) is 0 Å². The smallest absolute Gasteiger partial charge is 0.352 e. The van der Waals surface area contributed by atoms with E-state index in [1.54, 1.807) is 0 Å². The largest absolute Gasteiger partial charge is 0.477 e. The maximum absolute atomic E-state index is 12.9. The quantitative estimate of drug-likeness (QED) is 0.143. The van der Waals surface area contributed by atoms with Gasteiger partial charge in [-0.25, -0.2) is 9.78 Å². The average molecular weight is 525 g/mol. The highest BCUT2D eigenvalue weighted by Crippen LogP contribution is 2.41. The molecule has 4 rings (SSSR count). The Morgan fingerprint density at radius 1 is 1.47 bits per heavy atom. The number of hydrogen-bond acceptors (Lipinski definition) is 13. The third-order valence-corrected chi connectivity index (χ3v) is 7.60. The summed E-state index contributed by atoms with van der Waals surface area (Å²) in [6.45, 7) is 0. The zero-order valence-corrected chi connectivity index (χ0v) is 19.7. The average Bonchev–Trinajstić information content (AvgIpc) is 3.24. The number of carboxylic acid groups (broad SMARTS) is 1. The number of fused-ring (bicyclic) bond motifs is 1. The number of rotatable bonds is 8. The Morgan fingerprint density at radius 3 is 2.91 bits per heavy atom. The highest BCUT2D eigenvalue weighted by molar-refractivity contribution is 8.01. The van der Waals surface area contributed by atoms with E-state index >= 15 is 0 Å². The van der Waals surface area contributed by atoms with Crippen LogP contribution in [0.15, 0.2) is 38.0 Å².